The average molecular weight is 429 g/mol. The van der Waals surface area contributed by atoms with Crippen molar-refractivity contribution in [1.82, 2.24) is 15.1 Å². The second kappa shape index (κ2) is 8.34. The van der Waals surface area contributed by atoms with E-state index in [2.05, 4.69) is 5.32 Å². The largest absolute Gasteiger partial charge is 0.415 e. The van der Waals surface area contributed by atoms with E-state index in [0.717, 1.165) is 16.3 Å². The highest BCUT2D eigenvalue weighted by Gasteiger charge is 2.44. The van der Waals surface area contributed by atoms with E-state index in [4.69, 9.17) is 4.74 Å². The zero-order chi connectivity index (χ0) is 22.1. The van der Waals surface area contributed by atoms with Crippen LogP contribution in [0.15, 0.2) is 72.8 Å². The van der Waals surface area contributed by atoms with Crippen LogP contribution in [0.4, 0.5) is 4.79 Å². The predicted molar refractivity (Wildman–Crippen MR) is 119 cm³/mol. The van der Waals surface area contributed by atoms with Gasteiger partial charge in [0.2, 0.25) is 11.8 Å². The van der Waals surface area contributed by atoms with Gasteiger partial charge in [0.05, 0.1) is 6.54 Å². The number of fused-ring (bicyclic) bond motifs is 2. The molecule has 2 aliphatic rings. The highest BCUT2D eigenvalue weighted by atomic mass is 16.6. The van der Waals surface area contributed by atoms with Crippen molar-refractivity contribution >= 4 is 28.7 Å². The Kier molecular flexibility index (Phi) is 5.23. The van der Waals surface area contributed by atoms with Gasteiger partial charge in [0.15, 0.2) is 0 Å². The number of carbonyl (C=O) groups is 3. The molecule has 2 heterocycles. The molecule has 0 saturated carbocycles. The van der Waals surface area contributed by atoms with Crippen molar-refractivity contribution in [3.63, 3.8) is 0 Å². The molecular formula is C25H23N3O4. The first-order valence-corrected chi connectivity index (χ1v) is 10.7. The number of amides is 3. The first-order valence-electron chi connectivity index (χ1n) is 10.7. The van der Waals surface area contributed by atoms with Gasteiger partial charge < -0.3 is 19.9 Å². The molecule has 7 heteroatoms. The smallest absolute Gasteiger partial charge is 0.410 e. The molecule has 0 spiro atoms. The van der Waals surface area contributed by atoms with Gasteiger partial charge in [-0.25, -0.2) is 4.79 Å². The summed E-state index contributed by atoms with van der Waals surface area (Å²) in [6.45, 7) is 0.725. The van der Waals surface area contributed by atoms with Crippen molar-refractivity contribution in [3.8, 4) is 5.75 Å². The van der Waals surface area contributed by atoms with Crippen molar-refractivity contribution in [2.24, 2.45) is 0 Å². The van der Waals surface area contributed by atoms with Crippen molar-refractivity contribution in [1.29, 1.82) is 0 Å². The molecule has 5 rings (SSSR count). The fraction of sp³-hybridized carbons (Fsp3) is 0.240. The fourth-order valence-corrected chi connectivity index (χ4v) is 4.40. The SMILES string of the molecule is O=C1N[C@@H](Cc2ccccc2)C(=O)N2CCN(C(=O)Oc3cccc4ccccc34)C[C@H]12. The average Bonchev–Trinajstić information content (AvgIpc) is 2.83. The van der Waals surface area contributed by atoms with E-state index in [-0.39, 0.29) is 18.4 Å². The lowest BCUT2D eigenvalue weighted by Gasteiger charge is -2.44. The molecule has 0 bridgehead atoms. The van der Waals surface area contributed by atoms with Crippen LogP contribution in [0.5, 0.6) is 5.75 Å². The van der Waals surface area contributed by atoms with Crippen LogP contribution in [0.1, 0.15) is 5.56 Å². The molecule has 162 valence electrons. The quantitative estimate of drug-likeness (QED) is 0.694. The normalized spacial score (nSPS) is 20.6. The Hall–Kier alpha value is -3.87. The number of hydrogen-bond acceptors (Lipinski definition) is 4. The standard InChI is InChI=1S/C25H23N3O4/c29-23-21-16-27(25(31)32-22-12-6-10-18-9-4-5-11-19(18)22)13-14-28(21)24(30)20(26-23)15-17-7-2-1-3-8-17/h1-12,20-21H,13-16H2,(H,26,29)/t20-,21+/m0/s1. The molecule has 2 fully saturated rings. The molecule has 0 aliphatic carbocycles. The van der Waals surface area contributed by atoms with Gasteiger partial charge in [-0.15, -0.1) is 0 Å². The van der Waals surface area contributed by atoms with E-state index in [0.29, 0.717) is 25.3 Å². The van der Waals surface area contributed by atoms with Crippen LogP contribution in [0.25, 0.3) is 10.8 Å². The van der Waals surface area contributed by atoms with E-state index >= 15 is 0 Å². The number of carbonyl (C=O) groups excluding carboxylic acids is 3. The Morgan fingerprint density at radius 1 is 0.938 bits per heavy atom. The first kappa shape index (κ1) is 20.1. The number of ether oxygens (including phenoxy) is 1. The van der Waals surface area contributed by atoms with Crippen molar-refractivity contribution in [2.45, 2.75) is 18.5 Å². The lowest BCUT2D eigenvalue weighted by Crippen LogP contribution is -2.70. The topological polar surface area (TPSA) is 79.0 Å². The second-order valence-corrected chi connectivity index (χ2v) is 8.09. The fourth-order valence-electron chi connectivity index (χ4n) is 4.40. The van der Waals surface area contributed by atoms with Gasteiger partial charge in [-0.3, -0.25) is 9.59 Å². The molecule has 2 aliphatic heterocycles. The maximum atomic E-state index is 13.0. The van der Waals surface area contributed by atoms with Crippen LogP contribution < -0.4 is 10.1 Å². The second-order valence-electron chi connectivity index (χ2n) is 8.09. The number of piperazine rings is 2. The van der Waals surface area contributed by atoms with Gasteiger partial charge in [-0.05, 0) is 17.0 Å². The lowest BCUT2D eigenvalue weighted by atomic mass is 9.99. The molecule has 2 atom stereocenters. The van der Waals surface area contributed by atoms with Gasteiger partial charge in [0.1, 0.15) is 17.8 Å². The Balaban J connectivity index is 1.27. The first-order chi connectivity index (χ1) is 15.6. The molecule has 3 aromatic carbocycles. The summed E-state index contributed by atoms with van der Waals surface area (Å²) in [5.74, 6) is 0.122. The summed E-state index contributed by atoms with van der Waals surface area (Å²) in [5, 5.41) is 4.66. The summed E-state index contributed by atoms with van der Waals surface area (Å²) in [6.07, 6.45) is -0.0748. The van der Waals surface area contributed by atoms with Crippen molar-refractivity contribution in [3.05, 3.63) is 78.4 Å². The molecule has 7 nitrogen and oxygen atoms in total. The predicted octanol–water partition coefficient (Wildman–Crippen LogP) is 2.59. The van der Waals surface area contributed by atoms with E-state index < -0.39 is 18.2 Å². The maximum absolute atomic E-state index is 13.0. The van der Waals surface area contributed by atoms with Crippen LogP contribution in [0, 0.1) is 0 Å². The molecule has 3 amide bonds. The molecule has 0 radical (unpaired) electrons. The van der Waals surface area contributed by atoms with Crippen LogP contribution in [-0.2, 0) is 16.0 Å². The Bertz CT molecular complexity index is 1170. The number of hydrogen-bond donors (Lipinski definition) is 1. The molecule has 3 aromatic rings. The summed E-state index contributed by atoms with van der Waals surface area (Å²) in [6, 6.07) is 21.5. The summed E-state index contributed by atoms with van der Waals surface area (Å²) in [7, 11) is 0. The zero-order valence-electron chi connectivity index (χ0n) is 17.4. The molecule has 2 saturated heterocycles. The maximum Gasteiger partial charge on any atom is 0.415 e. The minimum absolute atomic E-state index is 0.110. The van der Waals surface area contributed by atoms with E-state index in [1.165, 1.54) is 4.90 Å². The van der Waals surface area contributed by atoms with Crippen LogP contribution in [-0.4, -0.2) is 59.4 Å². The monoisotopic (exact) mass is 429 g/mol. The molecule has 1 N–H and O–H groups in total. The third-order valence-corrected chi connectivity index (χ3v) is 6.07. The summed E-state index contributed by atoms with van der Waals surface area (Å²) in [4.78, 5) is 41.7. The van der Waals surface area contributed by atoms with Gasteiger partial charge in [-0.2, -0.15) is 0 Å². The number of benzene rings is 3. The van der Waals surface area contributed by atoms with Gasteiger partial charge >= 0.3 is 6.09 Å². The van der Waals surface area contributed by atoms with Crippen LogP contribution in [0.3, 0.4) is 0 Å². The third-order valence-electron chi connectivity index (χ3n) is 6.07. The summed E-state index contributed by atoms with van der Waals surface area (Å²) >= 11 is 0. The lowest BCUT2D eigenvalue weighted by molar-refractivity contribution is -0.152. The van der Waals surface area contributed by atoms with Crippen molar-refractivity contribution < 1.29 is 19.1 Å². The van der Waals surface area contributed by atoms with E-state index in [1.807, 2.05) is 66.7 Å². The minimum atomic E-state index is -0.705. The zero-order valence-corrected chi connectivity index (χ0v) is 17.4. The Morgan fingerprint density at radius 3 is 2.53 bits per heavy atom. The summed E-state index contributed by atoms with van der Waals surface area (Å²) < 4.78 is 5.66. The molecule has 0 aromatic heterocycles. The highest BCUT2D eigenvalue weighted by molar-refractivity contribution is 5.98. The molecule has 0 unspecified atom stereocenters. The van der Waals surface area contributed by atoms with Gasteiger partial charge in [0.25, 0.3) is 0 Å². The van der Waals surface area contributed by atoms with E-state index in [9.17, 15) is 14.4 Å². The Labute approximate surface area is 185 Å². The van der Waals surface area contributed by atoms with Crippen molar-refractivity contribution in [2.75, 3.05) is 19.6 Å². The molecular weight excluding hydrogens is 406 g/mol. The third kappa shape index (κ3) is 3.77. The number of nitrogens with zero attached hydrogens (tertiary/aromatic N) is 2. The van der Waals surface area contributed by atoms with Crippen LogP contribution in [0.2, 0.25) is 0 Å². The van der Waals surface area contributed by atoms with Gasteiger partial charge in [0, 0.05) is 24.9 Å². The van der Waals surface area contributed by atoms with E-state index in [1.54, 1.807) is 11.0 Å². The van der Waals surface area contributed by atoms with Gasteiger partial charge in [-0.1, -0.05) is 66.7 Å². The number of nitrogens with one attached hydrogen (secondary N) is 1. The minimum Gasteiger partial charge on any atom is -0.410 e. The highest BCUT2D eigenvalue weighted by Crippen LogP contribution is 2.26. The number of rotatable bonds is 3. The van der Waals surface area contributed by atoms with Crippen LogP contribution >= 0.6 is 0 Å². The molecule has 32 heavy (non-hydrogen) atoms. The Morgan fingerprint density at radius 2 is 1.69 bits per heavy atom. The summed E-state index contributed by atoms with van der Waals surface area (Å²) in [5.41, 5.74) is 0.988.